The van der Waals surface area contributed by atoms with Crippen LogP contribution in [0.25, 0.3) is 0 Å². The average molecular weight is 410 g/mol. The van der Waals surface area contributed by atoms with Crippen LogP contribution in [0.2, 0.25) is 5.02 Å². The first-order valence-electron chi connectivity index (χ1n) is 8.08. The predicted octanol–water partition coefficient (Wildman–Crippen LogP) is 5.48. The van der Waals surface area contributed by atoms with E-state index in [9.17, 15) is 13.2 Å². The Morgan fingerprint density at radius 2 is 1.79 bits per heavy atom. The number of nitrogens with zero attached hydrogens (tertiary/aromatic N) is 2. The molecule has 1 heterocycles. The zero-order valence-electron chi connectivity index (χ0n) is 14.6. The minimum Gasteiger partial charge on any atom is -0.497 e. The summed E-state index contributed by atoms with van der Waals surface area (Å²) < 4.78 is 50.8. The highest BCUT2D eigenvalue weighted by Gasteiger charge is 2.36. The quantitative estimate of drug-likeness (QED) is 0.584. The second-order valence-electron chi connectivity index (χ2n) is 5.66. The van der Waals surface area contributed by atoms with Crippen LogP contribution in [0, 0.1) is 0 Å². The molecule has 0 spiro atoms. The van der Waals surface area contributed by atoms with Gasteiger partial charge >= 0.3 is 6.18 Å². The Hall–Kier alpha value is -3.00. The van der Waals surface area contributed by atoms with E-state index in [1.165, 1.54) is 7.11 Å². The maximum absolute atomic E-state index is 13.4. The largest absolute Gasteiger partial charge is 0.497 e. The van der Waals surface area contributed by atoms with Crippen LogP contribution in [0.1, 0.15) is 11.3 Å². The average Bonchev–Trinajstić information content (AvgIpc) is 2.66. The number of aromatic nitrogens is 2. The van der Waals surface area contributed by atoms with E-state index in [1.807, 2.05) is 0 Å². The number of anilines is 2. The Labute approximate surface area is 164 Å². The highest BCUT2D eigenvalue weighted by atomic mass is 35.5. The number of ether oxygens (including phenoxy) is 2. The van der Waals surface area contributed by atoms with Crippen molar-refractivity contribution >= 4 is 23.2 Å². The summed E-state index contributed by atoms with van der Waals surface area (Å²) in [6.45, 7) is -0.335. The lowest BCUT2D eigenvalue weighted by Crippen LogP contribution is -2.15. The van der Waals surface area contributed by atoms with E-state index >= 15 is 0 Å². The number of benzene rings is 2. The molecule has 0 aliphatic carbocycles. The van der Waals surface area contributed by atoms with Crippen LogP contribution >= 0.6 is 11.6 Å². The second-order valence-corrected chi connectivity index (χ2v) is 6.10. The molecule has 2 aromatic carbocycles. The molecule has 1 N–H and O–H groups in total. The van der Waals surface area contributed by atoms with E-state index in [4.69, 9.17) is 21.1 Å². The molecule has 0 aliphatic heterocycles. The van der Waals surface area contributed by atoms with Gasteiger partial charge in [-0.05, 0) is 42.5 Å². The molecule has 0 bridgehead atoms. The molecule has 0 saturated heterocycles. The zero-order chi connectivity index (χ0) is 20.1. The third-order valence-corrected chi connectivity index (χ3v) is 3.90. The number of alkyl halides is 3. The fourth-order valence-corrected chi connectivity index (χ4v) is 2.54. The van der Waals surface area contributed by atoms with Gasteiger partial charge in [0.15, 0.2) is 5.69 Å². The zero-order valence-corrected chi connectivity index (χ0v) is 15.4. The molecule has 0 atom stereocenters. The molecule has 0 aliphatic rings. The minimum atomic E-state index is -4.66. The lowest BCUT2D eigenvalue weighted by molar-refractivity contribution is -0.142. The molecule has 0 unspecified atom stereocenters. The van der Waals surface area contributed by atoms with Crippen molar-refractivity contribution in [1.82, 2.24) is 9.97 Å². The molecular weight excluding hydrogens is 395 g/mol. The van der Waals surface area contributed by atoms with Crippen molar-refractivity contribution in [3.8, 4) is 11.5 Å². The van der Waals surface area contributed by atoms with Gasteiger partial charge in [-0.3, -0.25) is 0 Å². The molecule has 3 rings (SSSR count). The summed E-state index contributed by atoms with van der Waals surface area (Å²) in [5.41, 5.74) is -0.775. The van der Waals surface area contributed by atoms with Crippen LogP contribution in [-0.4, -0.2) is 17.1 Å². The van der Waals surface area contributed by atoms with Gasteiger partial charge in [0.2, 0.25) is 5.95 Å². The second kappa shape index (κ2) is 8.35. The first-order valence-corrected chi connectivity index (χ1v) is 8.45. The molecule has 1 aromatic heterocycles. The predicted molar refractivity (Wildman–Crippen MR) is 99.1 cm³/mol. The molecule has 3 aromatic rings. The van der Waals surface area contributed by atoms with Crippen LogP contribution in [0.15, 0.2) is 54.7 Å². The summed E-state index contributed by atoms with van der Waals surface area (Å²) in [6.07, 6.45) is -3.57. The van der Waals surface area contributed by atoms with E-state index in [1.54, 1.807) is 48.5 Å². The molecule has 9 heteroatoms. The first kappa shape index (κ1) is 19.8. The van der Waals surface area contributed by atoms with Gasteiger partial charge in [-0.25, -0.2) is 9.97 Å². The summed E-state index contributed by atoms with van der Waals surface area (Å²) in [5, 5.41) is 3.15. The normalized spacial score (nSPS) is 11.2. The van der Waals surface area contributed by atoms with E-state index in [0.29, 0.717) is 22.2 Å². The van der Waals surface area contributed by atoms with Crippen molar-refractivity contribution in [1.29, 1.82) is 0 Å². The van der Waals surface area contributed by atoms with E-state index in [2.05, 4.69) is 15.3 Å². The molecule has 146 valence electrons. The maximum atomic E-state index is 13.4. The summed E-state index contributed by atoms with van der Waals surface area (Å²) in [4.78, 5) is 7.57. The van der Waals surface area contributed by atoms with Gasteiger partial charge in [-0.1, -0.05) is 17.7 Å². The van der Waals surface area contributed by atoms with Crippen LogP contribution in [0.3, 0.4) is 0 Å². The van der Waals surface area contributed by atoms with Crippen LogP contribution in [0.5, 0.6) is 11.5 Å². The monoisotopic (exact) mass is 409 g/mol. The number of hydrogen-bond donors (Lipinski definition) is 1. The highest BCUT2D eigenvalue weighted by Crippen LogP contribution is 2.32. The maximum Gasteiger partial charge on any atom is 0.433 e. The fourth-order valence-electron chi connectivity index (χ4n) is 2.35. The van der Waals surface area contributed by atoms with Gasteiger partial charge < -0.3 is 14.8 Å². The Morgan fingerprint density at radius 1 is 1.07 bits per heavy atom. The molecule has 0 amide bonds. The van der Waals surface area contributed by atoms with Gasteiger partial charge in [0.25, 0.3) is 0 Å². The number of hydrogen-bond acceptors (Lipinski definition) is 5. The minimum absolute atomic E-state index is 0.181. The molecular formula is C19H15ClF3N3O2. The van der Waals surface area contributed by atoms with Crippen LogP contribution in [0.4, 0.5) is 24.8 Å². The topological polar surface area (TPSA) is 56.3 Å². The van der Waals surface area contributed by atoms with Gasteiger partial charge in [0.1, 0.15) is 18.1 Å². The Balaban J connectivity index is 1.80. The summed E-state index contributed by atoms with van der Waals surface area (Å²) in [7, 11) is 1.52. The third-order valence-electron chi connectivity index (χ3n) is 3.67. The molecule has 0 fully saturated rings. The third kappa shape index (κ3) is 5.04. The number of halogens is 4. The standard InChI is InChI=1S/C19H15ClF3N3O2/c1-27-15-5-7-16(8-6-15)28-11-12-10-24-18(26-17(12)19(21,22)23)25-14-4-2-3-13(20)9-14/h2-10H,11H2,1H3,(H,24,25,26). The van der Waals surface area contributed by atoms with E-state index < -0.39 is 11.9 Å². The molecule has 0 saturated carbocycles. The van der Waals surface area contributed by atoms with Crippen LogP contribution < -0.4 is 14.8 Å². The Morgan fingerprint density at radius 3 is 2.43 bits per heavy atom. The first-order chi connectivity index (χ1) is 13.3. The lowest BCUT2D eigenvalue weighted by Gasteiger charge is -2.14. The summed E-state index contributed by atoms with van der Waals surface area (Å²) >= 11 is 5.87. The Kier molecular flexibility index (Phi) is 5.89. The summed E-state index contributed by atoms with van der Waals surface area (Å²) in [5.74, 6) is 0.820. The highest BCUT2D eigenvalue weighted by molar-refractivity contribution is 6.30. The molecule has 5 nitrogen and oxygen atoms in total. The van der Waals surface area contributed by atoms with Gasteiger partial charge in [0.05, 0.1) is 7.11 Å². The van der Waals surface area contributed by atoms with Gasteiger partial charge in [-0.2, -0.15) is 13.2 Å². The van der Waals surface area contributed by atoms with Gasteiger partial charge in [0, 0.05) is 22.5 Å². The number of methoxy groups -OCH3 is 1. The number of rotatable bonds is 6. The van der Waals surface area contributed by atoms with Gasteiger partial charge in [-0.15, -0.1) is 0 Å². The van der Waals surface area contributed by atoms with Crippen molar-refractivity contribution in [3.05, 3.63) is 71.0 Å². The summed E-state index contributed by atoms with van der Waals surface area (Å²) in [6, 6.07) is 13.0. The van der Waals surface area contributed by atoms with Crippen molar-refractivity contribution in [2.75, 3.05) is 12.4 Å². The smallest absolute Gasteiger partial charge is 0.433 e. The van der Waals surface area contributed by atoms with Crippen molar-refractivity contribution in [3.63, 3.8) is 0 Å². The Bertz CT molecular complexity index is 950. The van der Waals surface area contributed by atoms with Crippen LogP contribution in [-0.2, 0) is 12.8 Å². The fraction of sp³-hybridized carbons (Fsp3) is 0.158. The van der Waals surface area contributed by atoms with Crippen molar-refractivity contribution < 1.29 is 22.6 Å². The SMILES string of the molecule is COc1ccc(OCc2cnc(Nc3cccc(Cl)c3)nc2C(F)(F)F)cc1. The van der Waals surface area contributed by atoms with Crippen molar-refractivity contribution in [2.24, 2.45) is 0 Å². The molecule has 0 radical (unpaired) electrons. The number of nitrogens with one attached hydrogen (secondary N) is 1. The molecule has 28 heavy (non-hydrogen) atoms. The lowest BCUT2D eigenvalue weighted by atomic mass is 10.2. The van der Waals surface area contributed by atoms with E-state index in [0.717, 1.165) is 6.20 Å². The van der Waals surface area contributed by atoms with Crippen molar-refractivity contribution in [2.45, 2.75) is 12.8 Å². The van der Waals surface area contributed by atoms with E-state index in [-0.39, 0.29) is 18.1 Å².